The molecule has 0 atom stereocenters. The number of rotatable bonds is 4. The van der Waals surface area contributed by atoms with E-state index in [1.54, 1.807) is 11.3 Å². The molecule has 0 bridgehead atoms. The summed E-state index contributed by atoms with van der Waals surface area (Å²) in [5.74, 6) is -0.0775. The number of nitrogens with one attached hydrogen (secondary N) is 1. The first-order chi connectivity index (χ1) is 10.5. The first-order valence-electron chi connectivity index (χ1n) is 7.14. The van der Waals surface area contributed by atoms with Crippen molar-refractivity contribution in [1.29, 1.82) is 0 Å². The van der Waals surface area contributed by atoms with E-state index in [-0.39, 0.29) is 5.91 Å². The van der Waals surface area contributed by atoms with Crippen LogP contribution < -0.4 is 5.32 Å². The molecule has 3 rings (SSSR count). The van der Waals surface area contributed by atoms with Gasteiger partial charge in [-0.25, -0.2) is 0 Å². The minimum absolute atomic E-state index is 0.0775. The highest BCUT2D eigenvalue weighted by Gasteiger charge is 2.16. The number of aryl methyl sites for hydroxylation is 1. The number of thiophene rings is 1. The van der Waals surface area contributed by atoms with Gasteiger partial charge in [-0.05, 0) is 38.4 Å². The van der Waals surface area contributed by atoms with Crippen LogP contribution in [0.5, 0.6) is 0 Å². The van der Waals surface area contributed by atoms with Gasteiger partial charge in [0.15, 0.2) is 0 Å². The van der Waals surface area contributed by atoms with Crippen LogP contribution in [0.25, 0.3) is 10.2 Å². The lowest BCUT2D eigenvalue weighted by molar-refractivity contribution is 0.102. The van der Waals surface area contributed by atoms with Crippen LogP contribution in [0.2, 0.25) is 0 Å². The summed E-state index contributed by atoms with van der Waals surface area (Å²) in [6.07, 6.45) is 0. The second kappa shape index (κ2) is 5.94. The monoisotopic (exact) mass is 313 g/mol. The van der Waals surface area contributed by atoms with E-state index >= 15 is 0 Å². The fraction of sp³-hybridized carbons (Fsp3) is 0.235. The van der Waals surface area contributed by atoms with Crippen molar-refractivity contribution >= 4 is 33.1 Å². The summed E-state index contributed by atoms with van der Waals surface area (Å²) < 4.78 is 3.11. The maximum Gasteiger partial charge on any atom is 0.272 e. The van der Waals surface area contributed by atoms with Crippen LogP contribution >= 0.6 is 11.3 Å². The van der Waals surface area contributed by atoms with E-state index in [1.807, 2.05) is 48.0 Å². The maximum atomic E-state index is 12.4. The predicted molar refractivity (Wildman–Crippen MR) is 92.6 cm³/mol. The van der Waals surface area contributed by atoms with Gasteiger partial charge >= 0.3 is 0 Å². The van der Waals surface area contributed by atoms with Crippen molar-refractivity contribution in [3.8, 4) is 0 Å². The zero-order valence-corrected chi connectivity index (χ0v) is 13.8. The number of aromatic nitrogens is 1. The topological polar surface area (TPSA) is 37.3 Å². The van der Waals surface area contributed by atoms with Crippen molar-refractivity contribution in [1.82, 2.24) is 9.47 Å². The number of hydrogen-bond donors (Lipinski definition) is 1. The van der Waals surface area contributed by atoms with E-state index in [9.17, 15) is 4.79 Å². The van der Waals surface area contributed by atoms with Crippen molar-refractivity contribution in [2.75, 3.05) is 19.4 Å². The highest BCUT2D eigenvalue weighted by molar-refractivity contribution is 7.19. The summed E-state index contributed by atoms with van der Waals surface area (Å²) in [4.78, 5) is 15.9. The number of benzene rings is 1. The average molecular weight is 313 g/mol. The molecule has 0 spiro atoms. The molecule has 0 unspecified atom stereocenters. The Balaban J connectivity index is 1.86. The number of nitrogens with zero attached hydrogens (tertiary/aromatic N) is 2. The second-order valence-electron chi connectivity index (χ2n) is 5.61. The molecule has 0 radical (unpaired) electrons. The lowest BCUT2D eigenvalue weighted by Crippen LogP contribution is -2.15. The lowest BCUT2D eigenvalue weighted by atomic mass is 10.3. The first-order valence-corrected chi connectivity index (χ1v) is 7.95. The molecule has 0 saturated carbocycles. The Morgan fingerprint density at radius 1 is 1.23 bits per heavy atom. The summed E-state index contributed by atoms with van der Waals surface area (Å²) in [5.41, 5.74) is 2.60. The molecule has 1 amide bonds. The Labute approximate surface area is 134 Å². The number of carbonyl (C=O) groups excluding carboxylic acids is 1. The fourth-order valence-electron chi connectivity index (χ4n) is 2.49. The summed E-state index contributed by atoms with van der Waals surface area (Å²) in [6.45, 7) is 0.922. The number of amides is 1. The smallest absolute Gasteiger partial charge is 0.272 e. The van der Waals surface area contributed by atoms with E-state index in [0.717, 1.165) is 22.4 Å². The number of carbonyl (C=O) groups is 1. The molecule has 0 aliphatic rings. The first kappa shape index (κ1) is 14.8. The van der Waals surface area contributed by atoms with Crippen molar-refractivity contribution in [2.45, 2.75) is 6.54 Å². The van der Waals surface area contributed by atoms with Crippen molar-refractivity contribution in [3.63, 3.8) is 0 Å². The number of fused-ring (bicyclic) bond motifs is 1. The molecule has 0 saturated heterocycles. The van der Waals surface area contributed by atoms with Crippen LogP contribution in [0.3, 0.4) is 0 Å². The van der Waals surface area contributed by atoms with Crippen LogP contribution in [-0.4, -0.2) is 29.5 Å². The lowest BCUT2D eigenvalue weighted by Gasteiger charge is -2.07. The Kier molecular flexibility index (Phi) is 4.00. The van der Waals surface area contributed by atoms with Gasteiger partial charge in [0.1, 0.15) is 5.69 Å². The largest absolute Gasteiger partial charge is 0.339 e. The third-order valence-corrected chi connectivity index (χ3v) is 4.57. The van der Waals surface area contributed by atoms with Crippen LogP contribution in [0, 0.1) is 0 Å². The summed E-state index contributed by atoms with van der Waals surface area (Å²) in [6, 6.07) is 13.7. The highest BCUT2D eigenvalue weighted by atomic mass is 32.1. The van der Waals surface area contributed by atoms with Crippen LogP contribution in [0.15, 0.2) is 42.5 Å². The van der Waals surface area contributed by atoms with Crippen LogP contribution in [0.4, 0.5) is 5.69 Å². The second-order valence-corrected chi connectivity index (χ2v) is 6.78. The number of hydrogen-bond acceptors (Lipinski definition) is 3. The molecule has 22 heavy (non-hydrogen) atoms. The standard InChI is InChI=1S/C17H19N3OS/c1-19(2)11-13-9-14-16(22-13)10-15(20(14)3)17(21)18-12-7-5-4-6-8-12/h4-10H,11H2,1-3H3,(H,18,21). The van der Waals surface area contributed by atoms with Crippen molar-refractivity contribution < 1.29 is 4.79 Å². The SMILES string of the molecule is CN(C)Cc1cc2c(cc(C(=O)Nc3ccccc3)n2C)s1. The maximum absolute atomic E-state index is 12.4. The Morgan fingerprint density at radius 3 is 2.59 bits per heavy atom. The van der Waals surface area contributed by atoms with Crippen molar-refractivity contribution in [2.24, 2.45) is 7.05 Å². The molecule has 0 fully saturated rings. The molecule has 0 aliphatic heterocycles. The average Bonchev–Trinajstić information content (AvgIpc) is 2.99. The molecular weight excluding hydrogens is 294 g/mol. The minimum Gasteiger partial charge on any atom is -0.339 e. The van der Waals surface area contributed by atoms with Gasteiger partial charge in [0.05, 0.1) is 10.2 Å². The Hall–Kier alpha value is -2.11. The normalized spacial score (nSPS) is 11.3. The molecule has 2 heterocycles. The Morgan fingerprint density at radius 2 is 1.95 bits per heavy atom. The molecule has 114 valence electrons. The molecule has 4 nitrogen and oxygen atoms in total. The quantitative estimate of drug-likeness (QED) is 0.800. The zero-order valence-electron chi connectivity index (χ0n) is 13.0. The summed E-state index contributed by atoms with van der Waals surface area (Å²) in [5, 5.41) is 2.93. The van der Waals surface area contributed by atoms with E-state index in [4.69, 9.17) is 0 Å². The molecule has 0 aliphatic carbocycles. The molecule has 2 aromatic heterocycles. The third-order valence-electron chi connectivity index (χ3n) is 3.52. The van der Waals surface area contributed by atoms with Gasteiger partial charge in [-0.2, -0.15) is 0 Å². The van der Waals surface area contributed by atoms with Crippen LogP contribution in [0.1, 0.15) is 15.4 Å². The van der Waals surface area contributed by atoms with E-state index in [0.29, 0.717) is 5.69 Å². The van der Waals surface area contributed by atoms with Gasteiger partial charge < -0.3 is 14.8 Å². The zero-order chi connectivity index (χ0) is 15.7. The highest BCUT2D eigenvalue weighted by Crippen LogP contribution is 2.29. The van der Waals surface area contributed by atoms with Gasteiger partial charge in [-0.3, -0.25) is 4.79 Å². The summed E-state index contributed by atoms with van der Waals surface area (Å²) in [7, 11) is 6.06. The molecule has 1 aromatic carbocycles. The van der Waals surface area contributed by atoms with Gasteiger partial charge in [-0.15, -0.1) is 11.3 Å². The van der Waals surface area contributed by atoms with Gasteiger partial charge in [0.2, 0.25) is 0 Å². The van der Waals surface area contributed by atoms with Gasteiger partial charge in [-0.1, -0.05) is 18.2 Å². The Bertz CT molecular complexity index is 802. The van der Waals surface area contributed by atoms with Crippen molar-refractivity contribution in [3.05, 3.63) is 53.0 Å². The molecular formula is C17H19N3OS. The molecule has 5 heteroatoms. The molecule has 3 aromatic rings. The predicted octanol–water partition coefficient (Wildman–Crippen LogP) is 3.55. The summed E-state index contributed by atoms with van der Waals surface area (Å²) >= 11 is 1.74. The fourth-order valence-corrected chi connectivity index (χ4v) is 3.73. The number of anilines is 1. The minimum atomic E-state index is -0.0775. The molecule has 1 N–H and O–H groups in total. The number of para-hydroxylation sites is 1. The van der Waals surface area contributed by atoms with E-state index in [1.165, 1.54) is 4.88 Å². The van der Waals surface area contributed by atoms with Gasteiger partial charge in [0.25, 0.3) is 5.91 Å². The third kappa shape index (κ3) is 2.91. The van der Waals surface area contributed by atoms with Gasteiger partial charge in [0, 0.05) is 24.2 Å². The van der Waals surface area contributed by atoms with Crippen LogP contribution in [-0.2, 0) is 13.6 Å². The van der Waals surface area contributed by atoms with E-state index < -0.39 is 0 Å². The van der Waals surface area contributed by atoms with E-state index in [2.05, 4.69) is 30.4 Å².